The maximum atomic E-state index is 13.2. The highest BCUT2D eigenvalue weighted by atomic mass is 32.1. The molecule has 1 aromatic carbocycles. The van der Waals surface area contributed by atoms with Crippen molar-refractivity contribution in [2.75, 3.05) is 11.4 Å². The molecule has 1 saturated heterocycles. The van der Waals surface area contributed by atoms with E-state index in [1.54, 1.807) is 16.2 Å². The molecule has 2 aliphatic rings. The van der Waals surface area contributed by atoms with Gasteiger partial charge in [-0.15, -0.1) is 11.3 Å². The monoisotopic (exact) mass is 368 g/mol. The number of carbonyl (C=O) groups excluding carboxylic acids is 2. The van der Waals surface area contributed by atoms with Gasteiger partial charge in [-0.2, -0.15) is 0 Å². The molecule has 5 heteroatoms. The van der Waals surface area contributed by atoms with E-state index in [9.17, 15) is 9.59 Å². The highest BCUT2D eigenvalue weighted by molar-refractivity contribution is 7.09. The van der Waals surface area contributed by atoms with Crippen LogP contribution in [0.1, 0.15) is 35.3 Å². The Morgan fingerprint density at radius 1 is 1.23 bits per heavy atom. The fourth-order valence-electron chi connectivity index (χ4n) is 3.71. The van der Waals surface area contributed by atoms with Gasteiger partial charge >= 0.3 is 0 Å². The summed E-state index contributed by atoms with van der Waals surface area (Å²) in [5.74, 6) is -0.0334. The highest BCUT2D eigenvalue weighted by Crippen LogP contribution is 2.34. The van der Waals surface area contributed by atoms with Crippen LogP contribution in [-0.4, -0.2) is 29.3 Å². The molecule has 26 heavy (non-hydrogen) atoms. The normalized spacial score (nSPS) is 19.8. The summed E-state index contributed by atoms with van der Waals surface area (Å²) >= 11 is 1.69. The number of nitrogens with zero attached hydrogens (tertiary/aromatic N) is 2. The van der Waals surface area contributed by atoms with Crippen molar-refractivity contribution in [1.29, 1.82) is 0 Å². The quantitative estimate of drug-likeness (QED) is 0.803. The van der Waals surface area contributed by atoms with Crippen molar-refractivity contribution in [3.8, 4) is 0 Å². The summed E-state index contributed by atoms with van der Waals surface area (Å²) < 4.78 is 0. The molecule has 0 bridgehead atoms. The van der Waals surface area contributed by atoms with Crippen molar-refractivity contribution in [2.45, 2.75) is 45.7 Å². The maximum absolute atomic E-state index is 13.2. The van der Waals surface area contributed by atoms with E-state index in [1.807, 2.05) is 35.4 Å². The highest BCUT2D eigenvalue weighted by Gasteiger charge is 2.41. The summed E-state index contributed by atoms with van der Waals surface area (Å²) in [6.45, 7) is 5.27. The molecule has 1 aliphatic heterocycles. The second kappa shape index (κ2) is 6.88. The predicted molar refractivity (Wildman–Crippen MR) is 104 cm³/mol. The van der Waals surface area contributed by atoms with Crippen LogP contribution < -0.4 is 4.90 Å². The molecule has 0 spiro atoms. The van der Waals surface area contributed by atoms with E-state index in [2.05, 4.69) is 19.1 Å². The Balaban J connectivity index is 1.52. The Hall–Kier alpha value is -2.14. The number of hydrogen-bond donors (Lipinski definition) is 0. The van der Waals surface area contributed by atoms with Crippen molar-refractivity contribution >= 4 is 28.8 Å². The molecule has 2 heterocycles. The average molecular weight is 369 g/mol. The summed E-state index contributed by atoms with van der Waals surface area (Å²) in [5, 5.41) is 2.05. The van der Waals surface area contributed by atoms with E-state index < -0.39 is 0 Å². The Kier molecular flexibility index (Phi) is 4.57. The minimum atomic E-state index is -0.233. The lowest BCUT2D eigenvalue weighted by molar-refractivity contribution is -0.137. The van der Waals surface area contributed by atoms with Gasteiger partial charge in [0.15, 0.2) is 0 Å². The molecule has 1 aliphatic carbocycles. The van der Waals surface area contributed by atoms with Crippen molar-refractivity contribution in [3.63, 3.8) is 0 Å². The number of amides is 2. The number of aryl methyl sites for hydroxylation is 1. The molecule has 2 fully saturated rings. The molecule has 0 N–H and O–H groups in total. The molecular formula is C21H24N2O2S. The van der Waals surface area contributed by atoms with Gasteiger partial charge in [-0.25, -0.2) is 0 Å². The van der Waals surface area contributed by atoms with Crippen molar-refractivity contribution in [2.24, 2.45) is 5.92 Å². The van der Waals surface area contributed by atoms with Crippen LogP contribution in [0.2, 0.25) is 0 Å². The van der Waals surface area contributed by atoms with E-state index >= 15 is 0 Å². The number of hydrogen-bond acceptors (Lipinski definition) is 3. The zero-order chi connectivity index (χ0) is 18.3. The minimum Gasteiger partial charge on any atom is -0.334 e. The summed E-state index contributed by atoms with van der Waals surface area (Å²) in [7, 11) is 0. The van der Waals surface area contributed by atoms with Gasteiger partial charge in [0.05, 0.1) is 12.5 Å². The first-order valence-electron chi connectivity index (χ1n) is 9.24. The molecule has 136 valence electrons. The van der Waals surface area contributed by atoms with Gasteiger partial charge in [0.1, 0.15) is 0 Å². The topological polar surface area (TPSA) is 40.6 Å². The van der Waals surface area contributed by atoms with E-state index in [1.165, 1.54) is 10.4 Å². The summed E-state index contributed by atoms with van der Waals surface area (Å²) in [6, 6.07) is 10.5. The summed E-state index contributed by atoms with van der Waals surface area (Å²) in [5.41, 5.74) is 3.23. The third-order valence-electron chi connectivity index (χ3n) is 5.52. The molecule has 1 unspecified atom stereocenters. The third-order valence-corrected chi connectivity index (χ3v) is 6.38. The van der Waals surface area contributed by atoms with Crippen LogP contribution in [0.3, 0.4) is 0 Å². The zero-order valence-electron chi connectivity index (χ0n) is 15.3. The summed E-state index contributed by atoms with van der Waals surface area (Å²) in [6.07, 6.45) is 2.48. The van der Waals surface area contributed by atoms with Gasteiger partial charge in [-0.05, 0) is 55.3 Å². The Bertz CT molecular complexity index is 827. The van der Waals surface area contributed by atoms with Crippen LogP contribution in [0, 0.1) is 19.8 Å². The lowest BCUT2D eigenvalue weighted by atomic mass is 10.1. The first-order chi connectivity index (χ1) is 12.5. The van der Waals surface area contributed by atoms with Crippen molar-refractivity contribution in [1.82, 2.24) is 4.90 Å². The molecule has 1 atom stereocenters. The number of anilines is 1. The van der Waals surface area contributed by atoms with Crippen LogP contribution in [0.5, 0.6) is 0 Å². The Labute approximate surface area is 158 Å². The molecule has 2 aromatic rings. The van der Waals surface area contributed by atoms with Crippen LogP contribution in [-0.2, 0) is 16.1 Å². The van der Waals surface area contributed by atoms with Crippen molar-refractivity contribution < 1.29 is 9.59 Å². The van der Waals surface area contributed by atoms with Gasteiger partial charge in [-0.3, -0.25) is 9.59 Å². The smallest absolute Gasteiger partial charge is 0.228 e. The van der Waals surface area contributed by atoms with Gasteiger partial charge in [-0.1, -0.05) is 18.2 Å². The van der Waals surface area contributed by atoms with Crippen molar-refractivity contribution in [3.05, 3.63) is 51.7 Å². The van der Waals surface area contributed by atoms with Gasteiger partial charge in [0, 0.05) is 29.6 Å². The SMILES string of the molecule is Cc1cccc(N2CC(C(=O)N(Cc3cccs3)C3CC3)CC2=O)c1C. The maximum Gasteiger partial charge on any atom is 0.228 e. The van der Waals surface area contributed by atoms with E-state index in [-0.39, 0.29) is 17.7 Å². The predicted octanol–water partition coefficient (Wildman–Crippen LogP) is 3.91. The number of rotatable bonds is 5. The average Bonchev–Trinajstić information content (AvgIpc) is 3.19. The van der Waals surface area contributed by atoms with Gasteiger partial charge in [0.2, 0.25) is 11.8 Å². The molecule has 4 nitrogen and oxygen atoms in total. The summed E-state index contributed by atoms with van der Waals surface area (Å²) in [4.78, 5) is 30.8. The lowest BCUT2D eigenvalue weighted by Gasteiger charge is -2.25. The van der Waals surface area contributed by atoms with E-state index in [0.29, 0.717) is 25.6 Å². The van der Waals surface area contributed by atoms with E-state index in [4.69, 9.17) is 0 Å². The van der Waals surface area contributed by atoms with E-state index in [0.717, 1.165) is 24.1 Å². The third kappa shape index (κ3) is 3.28. The second-order valence-corrected chi connectivity index (χ2v) is 8.43. The minimum absolute atomic E-state index is 0.0592. The number of thiophene rings is 1. The van der Waals surface area contributed by atoms with Crippen LogP contribution in [0.4, 0.5) is 5.69 Å². The first kappa shape index (κ1) is 17.3. The fraction of sp³-hybridized carbons (Fsp3) is 0.429. The number of carbonyl (C=O) groups is 2. The van der Waals surface area contributed by atoms with Gasteiger partial charge in [0.25, 0.3) is 0 Å². The fourth-order valence-corrected chi connectivity index (χ4v) is 4.41. The lowest BCUT2D eigenvalue weighted by Crippen LogP contribution is -2.38. The molecular weight excluding hydrogens is 344 g/mol. The van der Waals surface area contributed by atoms with Crippen LogP contribution >= 0.6 is 11.3 Å². The Morgan fingerprint density at radius 3 is 2.73 bits per heavy atom. The Morgan fingerprint density at radius 2 is 2.04 bits per heavy atom. The van der Waals surface area contributed by atoms with Crippen LogP contribution in [0.15, 0.2) is 35.7 Å². The number of benzene rings is 1. The largest absolute Gasteiger partial charge is 0.334 e. The molecule has 0 radical (unpaired) electrons. The molecule has 4 rings (SSSR count). The standard InChI is InChI=1S/C21H24N2O2S/c1-14-5-3-7-19(15(14)2)23-12-16(11-20(23)24)21(25)22(17-8-9-17)13-18-6-4-10-26-18/h3-7,10,16-17H,8-9,11-13H2,1-2H3. The second-order valence-electron chi connectivity index (χ2n) is 7.40. The zero-order valence-corrected chi connectivity index (χ0v) is 16.1. The van der Waals surface area contributed by atoms with Gasteiger partial charge < -0.3 is 9.80 Å². The molecule has 2 amide bonds. The van der Waals surface area contributed by atoms with Crippen LogP contribution in [0.25, 0.3) is 0 Å². The molecule has 1 aromatic heterocycles. The first-order valence-corrected chi connectivity index (χ1v) is 10.1. The molecule has 1 saturated carbocycles.